The standard InChI is InChI=1S/C24H30N4O5/c1-17(2)32-13-7-12-25-23(30)24(31)28-26-15-19-9-6-10-20(14-19)33-16-22(29)27-21-11-5-4-8-18(21)3/h4-6,8-11,14-15,17H,7,12-13,16H2,1-3H3,(H,25,30)(H,27,29)(H,28,31)/b26-15-. The van der Waals surface area contributed by atoms with Gasteiger partial charge in [-0.3, -0.25) is 14.4 Å². The second-order valence-electron chi connectivity index (χ2n) is 7.45. The van der Waals surface area contributed by atoms with Gasteiger partial charge in [-0.1, -0.05) is 30.3 Å². The largest absolute Gasteiger partial charge is 0.484 e. The number of para-hydroxylation sites is 1. The Balaban J connectivity index is 1.75. The Labute approximate surface area is 193 Å². The molecule has 2 aromatic carbocycles. The van der Waals surface area contributed by atoms with Gasteiger partial charge in [0.2, 0.25) is 0 Å². The molecule has 9 heteroatoms. The highest BCUT2D eigenvalue weighted by molar-refractivity contribution is 6.35. The van der Waals surface area contributed by atoms with Crippen molar-refractivity contribution < 1.29 is 23.9 Å². The number of nitrogens with zero attached hydrogens (tertiary/aromatic N) is 1. The van der Waals surface area contributed by atoms with E-state index < -0.39 is 11.8 Å². The van der Waals surface area contributed by atoms with Gasteiger partial charge in [-0.25, -0.2) is 5.43 Å². The van der Waals surface area contributed by atoms with Crippen LogP contribution in [0.1, 0.15) is 31.4 Å². The molecule has 0 spiro atoms. The van der Waals surface area contributed by atoms with Crippen LogP contribution in [0.4, 0.5) is 5.69 Å². The molecule has 2 aromatic rings. The molecule has 33 heavy (non-hydrogen) atoms. The third-order valence-corrected chi connectivity index (χ3v) is 4.29. The summed E-state index contributed by atoms with van der Waals surface area (Å²) < 4.78 is 10.9. The van der Waals surface area contributed by atoms with Gasteiger partial charge in [-0.15, -0.1) is 0 Å². The molecule has 176 valence electrons. The van der Waals surface area contributed by atoms with E-state index in [1.165, 1.54) is 6.21 Å². The lowest BCUT2D eigenvalue weighted by molar-refractivity contribution is -0.139. The number of amides is 3. The van der Waals surface area contributed by atoms with E-state index in [0.717, 1.165) is 11.3 Å². The normalized spacial score (nSPS) is 10.8. The maximum atomic E-state index is 12.1. The second kappa shape index (κ2) is 13.6. The van der Waals surface area contributed by atoms with E-state index in [9.17, 15) is 14.4 Å². The van der Waals surface area contributed by atoms with E-state index in [1.807, 2.05) is 45.0 Å². The van der Waals surface area contributed by atoms with Gasteiger partial charge in [0, 0.05) is 18.8 Å². The number of benzene rings is 2. The molecular formula is C24H30N4O5. The number of hydrazone groups is 1. The zero-order chi connectivity index (χ0) is 24.1. The number of rotatable bonds is 11. The van der Waals surface area contributed by atoms with Crippen LogP contribution in [0.15, 0.2) is 53.6 Å². The third kappa shape index (κ3) is 9.96. The topological polar surface area (TPSA) is 118 Å². The van der Waals surface area contributed by atoms with Crippen molar-refractivity contribution in [3.8, 4) is 5.75 Å². The molecule has 2 rings (SSSR count). The minimum atomic E-state index is -0.865. The van der Waals surface area contributed by atoms with Crippen molar-refractivity contribution >= 4 is 29.6 Å². The molecule has 0 bridgehead atoms. The quantitative estimate of drug-likeness (QED) is 0.209. The van der Waals surface area contributed by atoms with Gasteiger partial charge in [-0.05, 0) is 56.5 Å². The fourth-order valence-corrected chi connectivity index (χ4v) is 2.62. The van der Waals surface area contributed by atoms with E-state index in [2.05, 4.69) is 21.2 Å². The zero-order valence-corrected chi connectivity index (χ0v) is 19.1. The first-order valence-electron chi connectivity index (χ1n) is 10.7. The van der Waals surface area contributed by atoms with E-state index >= 15 is 0 Å². The van der Waals surface area contributed by atoms with Crippen LogP contribution >= 0.6 is 0 Å². The Bertz CT molecular complexity index is 975. The summed E-state index contributed by atoms with van der Waals surface area (Å²) in [5.74, 6) is -1.45. The van der Waals surface area contributed by atoms with Crippen LogP contribution in [0.25, 0.3) is 0 Å². The van der Waals surface area contributed by atoms with Crippen molar-refractivity contribution in [2.75, 3.05) is 25.1 Å². The molecule has 0 unspecified atom stereocenters. The Hall–Kier alpha value is -3.72. The number of nitrogens with one attached hydrogen (secondary N) is 3. The average Bonchev–Trinajstić information content (AvgIpc) is 2.79. The molecule has 3 amide bonds. The highest BCUT2D eigenvalue weighted by Crippen LogP contribution is 2.14. The lowest BCUT2D eigenvalue weighted by Crippen LogP contribution is -2.38. The number of hydrogen-bond acceptors (Lipinski definition) is 6. The second-order valence-corrected chi connectivity index (χ2v) is 7.45. The molecule has 0 radical (unpaired) electrons. The number of hydrogen-bond donors (Lipinski definition) is 3. The molecule has 0 aliphatic heterocycles. The molecule has 0 saturated heterocycles. The smallest absolute Gasteiger partial charge is 0.329 e. The molecule has 0 heterocycles. The molecule has 0 aromatic heterocycles. The Morgan fingerprint density at radius 1 is 1.06 bits per heavy atom. The number of ether oxygens (including phenoxy) is 2. The highest BCUT2D eigenvalue weighted by Gasteiger charge is 2.11. The number of aryl methyl sites for hydroxylation is 1. The molecule has 0 aliphatic rings. The average molecular weight is 455 g/mol. The van der Waals surface area contributed by atoms with Crippen molar-refractivity contribution in [2.24, 2.45) is 5.10 Å². The molecule has 9 nitrogen and oxygen atoms in total. The molecule has 0 saturated carbocycles. The van der Waals surface area contributed by atoms with Crippen molar-refractivity contribution in [3.05, 3.63) is 59.7 Å². The lowest BCUT2D eigenvalue weighted by atomic mass is 10.2. The summed E-state index contributed by atoms with van der Waals surface area (Å²) in [4.78, 5) is 35.6. The van der Waals surface area contributed by atoms with E-state index in [4.69, 9.17) is 9.47 Å². The lowest BCUT2D eigenvalue weighted by Gasteiger charge is -2.09. The molecule has 3 N–H and O–H groups in total. The van der Waals surface area contributed by atoms with Crippen molar-refractivity contribution in [1.82, 2.24) is 10.7 Å². The van der Waals surface area contributed by atoms with Crippen molar-refractivity contribution in [3.63, 3.8) is 0 Å². The summed E-state index contributed by atoms with van der Waals surface area (Å²) in [6.45, 7) is 6.44. The number of anilines is 1. The highest BCUT2D eigenvalue weighted by atomic mass is 16.5. The van der Waals surface area contributed by atoms with Crippen LogP contribution in [0.2, 0.25) is 0 Å². The maximum absolute atomic E-state index is 12.1. The van der Waals surface area contributed by atoms with Crippen LogP contribution in [0, 0.1) is 6.92 Å². The van der Waals surface area contributed by atoms with Crippen LogP contribution in [-0.2, 0) is 19.1 Å². The van der Waals surface area contributed by atoms with E-state index in [-0.39, 0.29) is 18.6 Å². The summed E-state index contributed by atoms with van der Waals surface area (Å²) in [6.07, 6.45) is 2.11. The summed E-state index contributed by atoms with van der Waals surface area (Å²) >= 11 is 0. The summed E-state index contributed by atoms with van der Waals surface area (Å²) in [5, 5.41) is 9.08. The van der Waals surface area contributed by atoms with Crippen LogP contribution in [0.3, 0.4) is 0 Å². The van der Waals surface area contributed by atoms with E-state index in [1.54, 1.807) is 24.3 Å². The predicted octanol–water partition coefficient (Wildman–Crippen LogP) is 2.39. The van der Waals surface area contributed by atoms with Gasteiger partial charge in [0.05, 0.1) is 12.3 Å². The minimum Gasteiger partial charge on any atom is -0.484 e. The number of carbonyl (C=O) groups excluding carboxylic acids is 3. The van der Waals surface area contributed by atoms with Gasteiger partial charge in [-0.2, -0.15) is 5.10 Å². The van der Waals surface area contributed by atoms with E-state index in [0.29, 0.717) is 30.9 Å². The fourth-order valence-electron chi connectivity index (χ4n) is 2.62. The van der Waals surface area contributed by atoms with Crippen LogP contribution < -0.4 is 20.8 Å². The summed E-state index contributed by atoms with van der Waals surface area (Å²) in [6, 6.07) is 14.3. The number of carbonyl (C=O) groups is 3. The Kier molecular flexibility index (Phi) is 10.6. The Morgan fingerprint density at radius 3 is 2.61 bits per heavy atom. The predicted molar refractivity (Wildman–Crippen MR) is 126 cm³/mol. The van der Waals surface area contributed by atoms with Gasteiger partial charge in [0.25, 0.3) is 5.91 Å². The first kappa shape index (κ1) is 25.5. The molecule has 0 aliphatic carbocycles. The first-order chi connectivity index (χ1) is 15.8. The fraction of sp³-hybridized carbons (Fsp3) is 0.333. The van der Waals surface area contributed by atoms with Gasteiger partial charge < -0.3 is 20.1 Å². The SMILES string of the molecule is Cc1ccccc1NC(=O)COc1cccc(/C=N\NC(=O)C(=O)NCCCOC(C)C)c1. The molecule has 0 fully saturated rings. The van der Waals surface area contributed by atoms with Gasteiger partial charge in [0.15, 0.2) is 6.61 Å². The zero-order valence-electron chi connectivity index (χ0n) is 19.1. The molecule has 0 atom stereocenters. The van der Waals surface area contributed by atoms with Gasteiger partial charge >= 0.3 is 11.8 Å². The van der Waals surface area contributed by atoms with Crippen molar-refractivity contribution in [1.29, 1.82) is 0 Å². The minimum absolute atomic E-state index is 0.123. The summed E-state index contributed by atoms with van der Waals surface area (Å²) in [7, 11) is 0. The Morgan fingerprint density at radius 2 is 1.85 bits per heavy atom. The monoisotopic (exact) mass is 454 g/mol. The van der Waals surface area contributed by atoms with Crippen LogP contribution in [-0.4, -0.2) is 49.8 Å². The van der Waals surface area contributed by atoms with Crippen molar-refractivity contribution in [2.45, 2.75) is 33.3 Å². The van der Waals surface area contributed by atoms with Gasteiger partial charge in [0.1, 0.15) is 5.75 Å². The third-order valence-electron chi connectivity index (χ3n) is 4.29. The van der Waals surface area contributed by atoms with Crippen LogP contribution in [0.5, 0.6) is 5.75 Å². The first-order valence-corrected chi connectivity index (χ1v) is 10.7. The summed E-state index contributed by atoms with van der Waals surface area (Å²) in [5.41, 5.74) is 4.49. The molecular weight excluding hydrogens is 424 g/mol. The maximum Gasteiger partial charge on any atom is 0.329 e.